The number of aromatic amines is 2. The predicted molar refractivity (Wildman–Crippen MR) is 66.2 cm³/mol. The molecule has 0 atom stereocenters. The third kappa shape index (κ3) is 3.45. The van der Waals surface area contributed by atoms with Crippen molar-refractivity contribution in [2.45, 2.75) is 19.3 Å². The number of hydrogen-bond acceptors (Lipinski definition) is 2. The van der Waals surface area contributed by atoms with Crippen LogP contribution in [0.15, 0.2) is 46.0 Å². The Bertz CT molecular complexity index is 556. The summed E-state index contributed by atoms with van der Waals surface area (Å²) in [5, 5.41) is 0. The van der Waals surface area contributed by atoms with Crippen LogP contribution in [0.25, 0.3) is 0 Å². The van der Waals surface area contributed by atoms with Gasteiger partial charge in [-0.1, -0.05) is 30.3 Å². The van der Waals surface area contributed by atoms with E-state index in [1.807, 2.05) is 18.2 Å². The van der Waals surface area contributed by atoms with Gasteiger partial charge in [0.2, 0.25) is 0 Å². The number of H-pyrrole nitrogens is 2. The minimum Gasteiger partial charge on any atom is -0.311 e. The van der Waals surface area contributed by atoms with Crippen molar-refractivity contribution in [1.82, 2.24) is 9.97 Å². The second-order valence-electron chi connectivity index (χ2n) is 3.95. The van der Waals surface area contributed by atoms with Gasteiger partial charge in [0.1, 0.15) is 0 Å². The minimum atomic E-state index is -0.438. The molecule has 0 amide bonds. The van der Waals surface area contributed by atoms with Gasteiger partial charge in [0.05, 0.1) is 0 Å². The van der Waals surface area contributed by atoms with Crippen molar-refractivity contribution in [2.24, 2.45) is 0 Å². The molecule has 1 aromatic carbocycles. The number of nitrogens with one attached hydrogen (secondary N) is 2. The fourth-order valence-corrected chi connectivity index (χ4v) is 1.78. The molecule has 0 aliphatic rings. The highest BCUT2D eigenvalue weighted by molar-refractivity contribution is 5.14. The number of benzene rings is 1. The van der Waals surface area contributed by atoms with E-state index in [9.17, 15) is 9.59 Å². The molecule has 4 nitrogen and oxygen atoms in total. The van der Waals surface area contributed by atoms with Crippen LogP contribution in [0.3, 0.4) is 0 Å². The summed E-state index contributed by atoms with van der Waals surface area (Å²) in [7, 11) is 0. The standard InChI is InChI=1S/C13H14N2O2/c16-12-9-11(14-13(17)15-12)8-4-7-10-5-2-1-3-6-10/h1-3,5-6,9H,4,7-8H2,(H2,14,15,16,17). The van der Waals surface area contributed by atoms with E-state index in [0.29, 0.717) is 12.1 Å². The van der Waals surface area contributed by atoms with E-state index in [0.717, 1.165) is 12.8 Å². The number of hydrogen-bond donors (Lipinski definition) is 2. The second-order valence-corrected chi connectivity index (χ2v) is 3.95. The van der Waals surface area contributed by atoms with Gasteiger partial charge in [0.25, 0.3) is 5.56 Å². The maximum atomic E-state index is 11.1. The smallest absolute Gasteiger partial charge is 0.311 e. The monoisotopic (exact) mass is 230 g/mol. The van der Waals surface area contributed by atoms with Crippen LogP contribution in [0.1, 0.15) is 17.7 Å². The van der Waals surface area contributed by atoms with Gasteiger partial charge >= 0.3 is 5.69 Å². The molecule has 0 fully saturated rings. The Morgan fingerprint density at radius 1 is 0.941 bits per heavy atom. The average Bonchev–Trinajstić information content (AvgIpc) is 2.29. The number of rotatable bonds is 4. The first-order chi connectivity index (χ1) is 8.24. The van der Waals surface area contributed by atoms with Crippen molar-refractivity contribution in [3.63, 3.8) is 0 Å². The summed E-state index contributed by atoms with van der Waals surface area (Å²) >= 11 is 0. The topological polar surface area (TPSA) is 65.7 Å². The van der Waals surface area contributed by atoms with Gasteiger partial charge in [-0.2, -0.15) is 0 Å². The highest BCUT2D eigenvalue weighted by Gasteiger charge is 1.97. The summed E-state index contributed by atoms with van der Waals surface area (Å²) in [4.78, 5) is 26.9. The van der Waals surface area contributed by atoms with Gasteiger partial charge in [-0.15, -0.1) is 0 Å². The summed E-state index contributed by atoms with van der Waals surface area (Å²) in [6.07, 6.45) is 2.55. The van der Waals surface area contributed by atoms with Crippen LogP contribution in [0.4, 0.5) is 0 Å². The van der Waals surface area contributed by atoms with Gasteiger partial charge in [0, 0.05) is 11.8 Å². The van der Waals surface area contributed by atoms with E-state index in [2.05, 4.69) is 22.1 Å². The summed E-state index contributed by atoms with van der Waals surface area (Å²) in [6, 6.07) is 11.6. The molecule has 0 saturated heterocycles. The highest BCUT2D eigenvalue weighted by atomic mass is 16.2. The van der Waals surface area contributed by atoms with Crippen molar-refractivity contribution in [3.8, 4) is 0 Å². The molecule has 2 N–H and O–H groups in total. The lowest BCUT2D eigenvalue weighted by Gasteiger charge is -2.01. The summed E-state index contributed by atoms with van der Waals surface area (Å²) in [5.41, 5.74) is 1.17. The van der Waals surface area contributed by atoms with E-state index in [1.54, 1.807) is 0 Å². The van der Waals surface area contributed by atoms with E-state index in [4.69, 9.17) is 0 Å². The van der Waals surface area contributed by atoms with Gasteiger partial charge in [-0.25, -0.2) is 4.79 Å². The molecule has 88 valence electrons. The van der Waals surface area contributed by atoms with Crippen LogP contribution in [0.5, 0.6) is 0 Å². The van der Waals surface area contributed by atoms with Gasteiger partial charge in [0.15, 0.2) is 0 Å². The Labute approximate surface area is 98.3 Å². The molecule has 0 aliphatic carbocycles. The predicted octanol–water partition coefficient (Wildman–Crippen LogP) is 1.24. The molecular weight excluding hydrogens is 216 g/mol. The zero-order valence-electron chi connectivity index (χ0n) is 9.40. The third-order valence-corrected chi connectivity index (χ3v) is 2.57. The first kappa shape index (κ1) is 11.4. The maximum Gasteiger partial charge on any atom is 0.325 e. The summed E-state index contributed by atoms with van der Waals surface area (Å²) in [5.74, 6) is 0. The lowest BCUT2D eigenvalue weighted by Crippen LogP contribution is -2.22. The largest absolute Gasteiger partial charge is 0.325 e. The number of aromatic nitrogens is 2. The highest BCUT2D eigenvalue weighted by Crippen LogP contribution is 2.04. The second kappa shape index (κ2) is 5.30. The molecule has 1 aromatic heterocycles. The van der Waals surface area contributed by atoms with Crippen molar-refractivity contribution in [2.75, 3.05) is 0 Å². The zero-order chi connectivity index (χ0) is 12.1. The number of aryl methyl sites for hydroxylation is 2. The van der Waals surface area contributed by atoms with Gasteiger partial charge in [-0.05, 0) is 24.8 Å². The molecule has 0 saturated carbocycles. The Morgan fingerprint density at radius 3 is 2.41 bits per heavy atom. The molecule has 2 rings (SSSR count). The lowest BCUT2D eigenvalue weighted by molar-refractivity contribution is 0.784. The van der Waals surface area contributed by atoms with Crippen LogP contribution in [-0.4, -0.2) is 9.97 Å². The third-order valence-electron chi connectivity index (χ3n) is 2.57. The van der Waals surface area contributed by atoms with Gasteiger partial charge in [-0.3, -0.25) is 9.78 Å². The lowest BCUT2D eigenvalue weighted by atomic mass is 10.1. The fraction of sp³-hybridized carbons (Fsp3) is 0.231. The first-order valence-corrected chi connectivity index (χ1v) is 5.60. The molecular formula is C13H14N2O2. The van der Waals surface area contributed by atoms with Crippen LogP contribution in [0, 0.1) is 0 Å². The minimum absolute atomic E-state index is 0.344. The molecule has 2 aromatic rings. The van der Waals surface area contributed by atoms with Gasteiger partial charge < -0.3 is 4.98 Å². The van der Waals surface area contributed by atoms with E-state index in [1.165, 1.54) is 11.6 Å². The zero-order valence-corrected chi connectivity index (χ0v) is 9.40. The Balaban J connectivity index is 1.94. The maximum absolute atomic E-state index is 11.1. The SMILES string of the molecule is O=c1cc(CCCc2ccccc2)[nH]c(=O)[nH]1. The van der Waals surface area contributed by atoms with Crippen LogP contribution in [-0.2, 0) is 12.8 Å². The molecule has 4 heteroatoms. The molecule has 0 bridgehead atoms. The van der Waals surface area contributed by atoms with E-state index >= 15 is 0 Å². The van der Waals surface area contributed by atoms with Crippen LogP contribution >= 0.6 is 0 Å². The molecule has 17 heavy (non-hydrogen) atoms. The Kier molecular flexibility index (Phi) is 3.55. The fourth-order valence-electron chi connectivity index (χ4n) is 1.78. The van der Waals surface area contributed by atoms with Crippen molar-refractivity contribution in [1.29, 1.82) is 0 Å². The normalized spacial score (nSPS) is 10.4. The summed E-state index contributed by atoms with van der Waals surface area (Å²) < 4.78 is 0. The quantitative estimate of drug-likeness (QED) is 0.829. The molecule has 0 aliphatic heterocycles. The van der Waals surface area contributed by atoms with E-state index in [-0.39, 0.29) is 5.56 Å². The van der Waals surface area contributed by atoms with E-state index < -0.39 is 5.69 Å². The Morgan fingerprint density at radius 2 is 1.71 bits per heavy atom. The molecule has 0 spiro atoms. The molecule has 1 heterocycles. The molecule has 0 radical (unpaired) electrons. The van der Waals surface area contributed by atoms with Crippen molar-refractivity contribution >= 4 is 0 Å². The first-order valence-electron chi connectivity index (χ1n) is 5.60. The molecule has 0 unspecified atom stereocenters. The summed E-state index contributed by atoms with van der Waals surface area (Å²) in [6.45, 7) is 0. The van der Waals surface area contributed by atoms with Crippen molar-refractivity contribution in [3.05, 3.63) is 68.5 Å². The van der Waals surface area contributed by atoms with Crippen LogP contribution < -0.4 is 11.2 Å². The Hall–Kier alpha value is -2.10. The van der Waals surface area contributed by atoms with Crippen LogP contribution in [0.2, 0.25) is 0 Å². The van der Waals surface area contributed by atoms with Crippen molar-refractivity contribution < 1.29 is 0 Å². The average molecular weight is 230 g/mol.